The summed E-state index contributed by atoms with van der Waals surface area (Å²) in [5.74, 6) is 3.33. The van der Waals surface area contributed by atoms with Crippen LogP contribution in [0.15, 0.2) is 52.6 Å². The van der Waals surface area contributed by atoms with Crippen LogP contribution in [0.25, 0.3) is 0 Å². The Labute approximate surface area is 406 Å². The molecule has 0 radical (unpaired) electrons. The van der Waals surface area contributed by atoms with E-state index < -0.39 is 86.9 Å². The second kappa shape index (κ2) is 14.8. The Balaban J connectivity index is 1.03. The Hall–Kier alpha value is -3.14. The minimum atomic E-state index is -2.26. The van der Waals surface area contributed by atoms with Gasteiger partial charge in [-0.3, -0.25) is 0 Å². The SMILES string of the molecule is CN[C@@H]1Cc2c(cccc2CO)C#CCC[C@]23C[C@H]4C5=CCC6=C5[C@H]5[C@@]7(CC[C@H](C6)C7)[C@H](O)[C@@H]6CC[C@@H]([C@@H](C)C7CCCC7)C[C@@H]7[C@@H](O)[C@](O)([C@H]4[C@]5(C=O)[C@]76O)[C@@]2(O)C[C@@H]2C[C@@H]1[C@H]1OC(=O)C=C1[C@@H]23. The van der Waals surface area contributed by atoms with Gasteiger partial charge in [-0.25, -0.2) is 4.79 Å². The van der Waals surface area contributed by atoms with Crippen LogP contribution in [0.4, 0.5) is 0 Å². The minimum Gasteiger partial charge on any atom is -0.454 e. The highest BCUT2D eigenvalue weighted by Crippen LogP contribution is 2.85. The van der Waals surface area contributed by atoms with Crippen LogP contribution in [0.5, 0.6) is 0 Å². The summed E-state index contributed by atoms with van der Waals surface area (Å²) < 4.78 is 6.41. The molecule has 6 bridgehead atoms. The lowest BCUT2D eigenvalue weighted by molar-refractivity contribution is -0.403. The van der Waals surface area contributed by atoms with Crippen LogP contribution >= 0.6 is 0 Å². The van der Waals surface area contributed by atoms with Gasteiger partial charge < -0.3 is 45.5 Å². The lowest BCUT2D eigenvalue weighted by atomic mass is 9.26. The van der Waals surface area contributed by atoms with E-state index in [0.29, 0.717) is 56.8 Å². The van der Waals surface area contributed by atoms with Crippen molar-refractivity contribution < 1.29 is 45.0 Å². The molecular formula is C59H73NO9. The van der Waals surface area contributed by atoms with E-state index in [1.54, 1.807) is 6.08 Å². The Morgan fingerprint density at radius 2 is 1.77 bits per heavy atom. The molecule has 0 unspecified atom stereocenters. The van der Waals surface area contributed by atoms with Gasteiger partial charge in [-0.1, -0.05) is 68.2 Å². The number of aliphatic hydroxyl groups is 6. The molecule has 2 spiro atoms. The van der Waals surface area contributed by atoms with Crippen LogP contribution < -0.4 is 5.32 Å². The van der Waals surface area contributed by atoms with Gasteiger partial charge in [0.2, 0.25) is 0 Å². The number of benzene rings is 1. The van der Waals surface area contributed by atoms with Crippen LogP contribution in [-0.4, -0.2) is 91.1 Å². The van der Waals surface area contributed by atoms with Crippen molar-refractivity contribution in [3.63, 3.8) is 0 Å². The zero-order chi connectivity index (χ0) is 47.4. The average molecular weight is 940 g/mol. The highest BCUT2D eigenvalue weighted by Gasteiger charge is 2.91. The molecule has 1 aromatic carbocycles. The second-order valence-electron chi connectivity index (χ2n) is 25.8. The van der Waals surface area contributed by atoms with E-state index in [0.717, 1.165) is 91.1 Å². The predicted molar refractivity (Wildman–Crippen MR) is 255 cm³/mol. The van der Waals surface area contributed by atoms with E-state index in [9.17, 15) is 30.3 Å². The van der Waals surface area contributed by atoms with Gasteiger partial charge in [-0.2, -0.15) is 0 Å². The summed E-state index contributed by atoms with van der Waals surface area (Å²) in [6.45, 7) is 2.21. The second-order valence-corrected chi connectivity index (χ2v) is 25.8. The van der Waals surface area contributed by atoms with Gasteiger partial charge in [0.25, 0.3) is 0 Å². The molecule has 1 aliphatic heterocycles. The van der Waals surface area contributed by atoms with Gasteiger partial charge in [-0.15, -0.1) is 0 Å². The fourth-order valence-electron chi connectivity index (χ4n) is 22.1. The molecule has 21 atom stereocenters. The molecule has 9 saturated carbocycles. The number of aldehydes is 1. The first-order chi connectivity index (χ1) is 33.3. The smallest absolute Gasteiger partial charge is 0.331 e. The average Bonchev–Trinajstić information content (AvgIpc) is 4.18. The zero-order valence-corrected chi connectivity index (χ0v) is 40.5. The molecule has 0 aromatic heterocycles. The predicted octanol–water partition coefficient (Wildman–Crippen LogP) is 6.02. The first-order valence-electron chi connectivity index (χ1n) is 27.5. The topological polar surface area (TPSA) is 177 Å². The van der Waals surface area contributed by atoms with Crippen LogP contribution in [0, 0.1) is 99.1 Å². The number of esters is 1. The van der Waals surface area contributed by atoms with Gasteiger partial charge >= 0.3 is 5.97 Å². The molecule has 1 heterocycles. The maximum absolute atomic E-state index is 15.5. The van der Waals surface area contributed by atoms with E-state index in [1.165, 1.54) is 18.4 Å². The van der Waals surface area contributed by atoms with E-state index in [1.807, 2.05) is 25.2 Å². The summed E-state index contributed by atoms with van der Waals surface area (Å²) in [5.41, 5.74) is -2.44. The monoisotopic (exact) mass is 940 g/mol. The maximum atomic E-state index is 15.5. The van der Waals surface area contributed by atoms with Crippen molar-refractivity contribution in [2.45, 2.75) is 170 Å². The molecule has 14 aliphatic rings. The highest BCUT2D eigenvalue weighted by atomic mass is 16.5. The third-order valence-corrected chi connectivity index (χ3v) is 24.3. The van der Waals surface area contributed by atoms with E-state index >= 15 is 9.90 Å². The van der Waals surface area contributed by atoms with Gasteiger partial charge in [0, 0.05) is 64.5 Å². The number of rotatable bonds is 5. The summed E-state index contributed by atoms with van der Waals surface area (Å²) in [6, 6.07) is 5.68. The number of carbonyl (C=O) groups is 2. The molecule has 7 N–H and O–H groups in total. The van der Waals surface area contributed by atoms with E-state index in [-0.39, 0.29) is 48.7 Å². The normalized spacial score (nSPS) is 52.0. The first-order valence-corrected chi connectivity index (χ1v) is 27.5. The number of likely N-dealkylation sites (N-methyl/N-ethyl adjacent to an activating group) is 1. The van der Waals surface area contributed by atoms with Gasteiger partial charge in [-0.05, 0) is 166 Å². The number of hydrogen-bond donors (Lipinski definition) is 7. The quantitative estimate of drug-likeness (QED) is 0.105. The highest BCUT2D eigenvalue weighted by molar-refractivity contribution is 5.86. The lowest BCUT2D eigenvalue weighted by Gasteiger charge is -2.79. The Morgan fingerprint density at radius 1 is 0.942 bits per heavy atom. The fourth-order valence-corrected chi connectivity index (χ4v) is 22.1. The van der Waals surface area contributed by atoms with Crippen molar-refractivity contribution in [3.05, 3.63) is 69.3 Å². The Morgan fingerprint density at radius 3 is 2.55 bits per heavy atom. The molecule has 10 heteroatoms. The van der Waals surface area contributed by atoms with Crippen molar-refractivity contribution in [1.29, 1.82) is 0 Å². The van der Waals surface area contributed by atoms with Gasteiger partial charge in [0.1, 0.15) is 23.6 Å². The van der Waals surface area contributed by atoms with Crippen molar-refractivity contribution in [2.75, 3.05) is 7.05 Å². The molecule has 10 nitrogen and oxygen atoms in total. The van der Waals surface area contributed by atoms with Crippen molar-refractivity contribution in [1.82, 2.24) is 5.32 Å². The number of carbonyl (C=O) groups excluding carboxylic acids is 2. The third-order valence-electron chi connectivity index (χ3n) is 24.3. The Bertz CT molecular complexity index is 2590. The van der Waals surface area contributed by atoms with Crippen LogP contribution in [0.1, 0.15) is 133 Å². The van der Waals surface area contributed by atoms with Gasteiger partial charge in [0.05, 0.1) is 29.8 Å². The number of nitrogens with one attached hydrogen (secondary N) is 1. The molecule has 0 amide bonds. The summed E-state index contributed by atoms with van der Waals surface area (Å²) in [4.78, 5) is 29.4. The van der Waals surface area contributed by atoms with Crippen molar-refractivity contribution >= 4 is 12.3 Å². The molecule has 368 valence electrons. The number of hydrogen-bond acceptors (Lipinski definition) is 10. The number of fused-ring (bicyclic) bond motifs is 6. The number of allylic oxidation sites excluding steroid dienone is 4. The van der Waals surface area contributed by atoms with E-state index in [2.05, 4.69) is 30.2 Å². The lowest BCUT2D eigenvalue weighted by Crippen LogP contribution is -2.90. The summed E-state index contributed by atoms with van der Waals surface area (Å²) in [7, 11) is 1.93. The molecule has 9 fully saturated rings. The molecule has 1 aromatic rings. The summed E-state index contributed by atoms with van der Waals surface area (Å²) in [5, 5.41) is 86.2. The molecule has 0 saturated heterocycles. The molecular weight excluding hydrogens is 867 g/mol. The van der Waals surface area contributed by atoms with Crippen LogP contribution in [0.3, 0.4) is 0 Å². The van der Waals surface area contributed by atoms with Gasteiger partial charge in [0.15, 0.2) is 0 Å². The van der Waals surface area contributed by atoms with E-state index in [4.69, 9.17) is 4.74 Å². The molecule has 13 aliphatic carbocycles. The molecule has 15 rings (SSSR count). The largest absolute Gasteiger partial charge is 0.454 e. The minimum absolute atomic E-state index is 0.0872. The standard InChI is InChI=1S/C59H73NO9/c1-30(32-8-3-4-9-32)34-14-16-43-52(64)54-19-17-31(25-54)20-35-13-15-38-42-27-55-18-6-5-10-33-11-7-12-36(28-61)39(33)23-45(60-2)40-21-37(48(55)41-24-46(63)69-49(40)41)26-57(55,66)59(68)50(42)56(29-62,51(54)47(35)38)58(43,67)44(22-34)53(59)65/h7,11-12,15,24,29-32,34,37,40,42-45,48-53,60-61,64-68H,3-4,6,8-9,13-14,16-23,25-28H2,1-2H3/t30-,31+,34+,37-,40-,42-,43-,44+,45+,48+,49+,50+,51-,52+,53+,54-,55+,56-,57+,58+,59+/m0/s1. The van der Waals surface area contributed by atoms with Crippen molar-refractivity contribution in [2.24, 2.45) is 87.3 Å². The number of ether oxygens (including phenoxy) is 1. The van der Waals surface area contributed by atoms with Crippen LogP contribution in [0.2, 0.25) is 0 Å². The first kappa shape index (κ1) is 44.6. The van der Waals surface area contributed by atoms with Crippen LogP contribution in [-0.2, 0) is 27.4 Å². The maximum Gasteiger partial charge on any atom is 0.331 e. The third kappa shape index (κ3) is 5.07. The Kier molecular flexibility index (Phi) is 9.53. The number of aliphatic hydroxyl groups excluding tert-OH is 3. The van der Waals surface area contributed by atoms with Crippen molar-refractivity contribution in [3.8, 4) is 11.8 Å². The molecule has 69 heavy (non-hydrogen) atoms. The summed E-state index contributed by atoms with van der Waals surface area (Å²) >= 11 is 0. The zero-order valence-electron chi connectivity index (χ0n) is 40.5. The summed E-state index contributed by atoms with van der Waals surface area (Å²) in [6.07, 6.45) is 14.9. The fraction of sp³-hybridized carbons (Fsp3) is 0.729.